The molecule has 0 aliphatic carbocycles. The highest BCUT2D eigenvalue weighted by atomic mass is 35.5. The highest BCUT2D eigenvalue weighted by molar-refractivity contribution is 8.01. The quantitative estimate of drug-likeness (QED) is 0.276. The van der Waals surface area contributed by atoms with Crippen molar-refractivity contribution in [3.63, 3.8) is 0 Å². The molecule has 0 radical (unpaired) electrons. The number of halogens is 5. The first-order chi connectivity index (χ1) is 16.5. The number of carbonyl (C=O) groups is 1. The molecular weight excluding hydrogens is 542 g/mol. The number of carboxylic acid groups (broad SMARTS) is 1. The summed E-state index contributed by atoms with van der Waals surface area (Å²) in [4.78, 5) is 17.0. The summed E-state index contributed by atoms with van der Waals surface area (Å²) in [5.74, 6) is -1.41. The van der Waals surface area contributed by atoms with Gasteiger partial charge >= 0.3 is 12.1 Å². The van der Waals surface area contributed by atoms with Crippen LogP contribution in [0.2, 0.25) is 10.0 Å². The van der Waals surface area contributed by atoms with Crippen LogP contribution in [0, 0.1) is 6.92 Å². The van der Waals surface area contributed by atoms with E-state index >= 15 is 0 Å². The smallest absolute Gasteiger partial charge is 0.417 e. The van der Waals surface area contributed by atoms with Gasteiger partial charge in [-0.25, -0.2) is 9.78 Å². The van der Waals surface area contributed by atoms with Crippen LogP contribution in [0.4, 0.5) is 13.2 Å². The van der Waals surface area contributed by atoms with Crippen molar-refractivity contribution in [2.45, 2.75) is 29.5 Å². The van der Waals surface area contributed by atoms with Crippen molar-refractivity contribution in [3.05, 3.63) is 69.0 Å². The van der Waals surface area contributed by atoms with E-state index in [0.717, 1.165) is 26.1 Å². The van der Waals surface area contributed by atoms with E-state index in [9.17, 15) is 23.1 Å². The van der Waals surface area contributed by atoms with Crippen molar-refractivity contribution >= 4 is 52.3 Å². The molecule has 2 aromatic heterocycles. The molecule has 0 fully saturated rings. The van der Waals surface area contributed by atoms with Crippen molar-refractivity contribution in [1.82, 2.24) is 14.8 Å². The van der Waals surface area contributed by atoms with Crippen LogP contribution >= 0.6 is 46.3 Å². The zero-order valence-corrected chi connectivity index (χ0v) is 21.1. The molecule has 35 heavy (non-hydrogen) atoms. The minimum absolute atomic E-state index is 0.0353. The predicted molar refractivity (Wildman–Crippen MR) is 131 cm³/mol. The molecule has 0 saturated heterocycles. The number of rotatable bonds is 3. The van der Waals surface area contributed by atoms with E-state index in [1.807, 2.05) is 6.92 Å². The normalized spacial score (nSPS) is 15.1. The fraction of sp³-hybridized carbons (Fsp3) is 0.174. The molecule has 0 spiro atoms. The number of hydrogen-bond acceptors (Lipinski definition) is 5. The molecule has 1 N–H and O–H groups in total. The second kappa shape index (κ2) is 8.55. The van der Waals surface area contributed by atoms with Crippen molar-refractivity contribution in [3.8, 4) is 27.5 Å². The second-order valence-corrected chi connectivity index (χ2v) is 11.2. The molecule has 180 valence electrons. The molecule has 12 heteroatoms. The lowest BCUT2D eigenvalue weighted by Crippen LogP contribution is -2.11. The number of aromatic carboxylic acids is 1. The SMILES string of the molecule is Cc1nn(-c2nc3c(s2)SC(C)c2cc(Cl)c(Cl)cc2-3)c(C(=O)O)c1-c1ccccc1C(F)(F)F. The maximum absolute atomic E-state index is 13.7. The molecule has 3 heterocycles. The van der Waals surface area contributed by atoms with Gasteiger partial charge in [-0.15, -0.1) is 11.8 Å². The summed E-state index contributed by atoms with van der Waals surface area (Å²) in [6.45, 7) is 3.48. The Morgan fingerprint density at radius 2 is 1.83 bits per heavy atom. The molecule has 1 aliphatic heterocycles. The van der Waals surface area contributed by atoms with E-state index in [1.165, 1.54) is 48.2 Å². The Kier molecular flexibility index (Phi) is 5.90. The van der Waals surface area contributed by atoms with Gasteiger partial charge in [-0.2, -0.15) is 23.0 Å². The fourth-order valence-electron chi connectivity index (χ4n) is 4.10. The van der Waals surface area contributed by atoms with Crippen LogP contribution in [0.5, 0.6) is 0 Å². The number of thiazole rings is 1. The average molecular weight is 556 g/mol. The molecular formula is C23H14Cl2F3N3O2S2. The molecule has 2 aromatic carbocycles. The van der Waals surface area contributed by atoms with Crippen molar-refractivity contribution in [1.29, 1.82) is 0 Å². The lowest BCUT2D eigenvalue weighted by atomic mass is 9.97. The number of nitrogens with zero attached hydrogens (tertiary/aromatic N) is 3. The number of thioether (sulfide) groups is 1. The van der Waals surface area contributed by atoms with Crippen LogP contribution in [0.1, 0.15) is 39.5 Å². The highest BCUT2D eigenvalue weighted by Gasteiger charge is 2.37. The van der Waals surface area contributed by atoms with Gasteiger partial charge in [-0.3, -0.25) is 0 Å². The van der Waals surface area contributed by atoms with Gasteiger partial charge in [0.1, 0.15) is 0 Å². The minimum atomic E-state index is -4.67. The van der Waals surface area contributed by atoms with Gasteiger partial charge in [0.25, 0.3) is 0 Å². The van der Waals surface area contributed by atoms with E-state index in [0.29, 0.717) is 15.7 Å². The summed E-state index contributed by atoms with van der Waals surface area (Å²) < 4.78 is 43.1. The van der Waals surface area contributed by atoms with E-state index < -0.39 is 23.4 Å². The van der Waals surface area contributed by atoms with Crippen molar-refractivity contribution < 1.29 is 23.1 Å². The zero-order chi connectivity index (χ0) is 25.2. The molecule has 4 aromatic rings. The average Bonchev–Trinajstić information content (AvgIpc) is 3.35. The van der Waals surface area contributed by atoms with Crippen LogP contribution in [0.15, 0.2) is 40.6 Å². The van der Waals surface area contributed by atoms with Crippen LogP contribution in [-0.2, 0) is 6.18 Å². The fourth-order valence-corrected chi connectivity index (χ4v) is 6.97. The lowest BCUT2D eigenvalue weighted by Gasteiger charge is -2.21. The first kappa shape index (κ1) is 24.2. The Morgan fingerprint density at radius 3 is 2.51 bits per heavy atom. The molecule has 1 aliphatic rings. The van der Waals surface area contributed by atoms with Crippen LogP contribution in [-0.4, -0.2) is 25.8 Å². The van der Waals surface area contributed by atoms with Gasteiger partial charge < -0.3 is 5.11 Å². The molecule has 0 saturated carbocycles. The minimum Gasteiger partial charge on any atom is -0.476 e. The maximum atomic E-state index is 13.7. The third-order valence-corrected chi connectivity index (χ3v) is 8.70. The Balaban J connectivity index is 1.72. The number of aryl methyl sites for hydroxylation is 1. The lowest BCUT2D eigenvalue weighted by molar-refractivity contribution is -0.137. The monoisotopic (exact) mass is 555 g/mol. The highest BCUT2D eigenvalue weighted by Crippen LogP contribution is 2.53. The first-order valence-electron chi connectivity index (χ1n) is 10.1. The first-order valence-corrected chi connectivity index (χ1v) is 12.6. The van der Waals surface area contributed by atoms with E-state index in [1.54, 1.807) is 12.1 Å². The third-order valence-electron chi connectivity index (χ3n) is 5.60. The standard InChI is InChI=1S/C23H14Cl2F3N3O2S2/c1-9-17(11-5-3-4-6-14(11)23(26,27)28)19(20(32)33)31(30-9)22-29-18-13-8-16(25)15(24)7-12(13)10(2)34-21(18)35-22/h3-8,10H,1-2H3,(H,32,33). The van der Waals surface area contributed by atoms with Crippen molar-refractivity contribution in [2.75, 3.05) is 0 Å². The molecule has 1 unspecified atom stereocenters. The third kappa shape index (κ3) is 4.02. The largest absolute Gasteiger partial charge is 0.476 e. The van der Waals surface area contributed by atoms with Crippen LogP contribution in [0.3, 0.4) is 0 Å². The number of aromatic nitrogens is 3. The topological polar surface area (TPSA) is 68.0 Å². The van der Waals surface area contributed by atoms with Gasteiger partial charge in [-0.1, -0.05) is 52.7 Å². The molecule has 5 nitrogen and oxygen atoms in total. The summed E-state index contributed by atoms with van der Waals surface area (Å²) in [6.07, 6.45) is -4.67. The molecule has 1 atom stereocenters. The van der Waals surface area contributed by atoms with Gasteiger partial charge in [0.05, 0.1) is 31.2 Å². The van der Waals surface area contributed by atoms with E-state index in [-0.39, 0.29) is 27.2 Å². The number of carboxylic acids is 1. The second-order valence-electron chi connectivity index (χ2n) is 7.82. The summed E-state index contributed by atoms with van der Waals surface area (Å²) in [5.41, 5.74) is 0.764. The molecule has 5 rings (SSSR count). The van der Waals surface area contributed by atoms with E-state index in [2.05, 4.69) is 10.1 Å². The van der Waals surface area contributed by atoms with E-state index in [4.69, 9.17) is 23.2 Å². The Labute approximate surface area is 215 Å². The number of hydrogen-bond donors (Lipinski definition) is 1. The van der Waals surface area contributed by atoms with Gasteiger partial charge in [0.2, 0.25) is 5.13 Å². The molecule has 0 amide bonds. The van der Waals surface area contributed by atoms with Gasteiger partial charge in [0, 0.05) is 16.4 Å². The van der Waals surface area contributed by atoms with Gasteiger partial charge in [0.15, 0.2) is 5.69 Å². The van der Waals surface area contributed by atoms with Crippen molar-refractivity contribution in [2.24, 2.45) is 0 Å². The van der Waals surface area contributed by atoms with Crippen LogP contribution in [0.25, 0.3) is 27.5 Å². The summed E-state index contributed by atoms with van der Waals surface area (Å²) in [6, 6.07) is 8.36. The zero-order valence-electron chi connectivity index (χ0n) is 17.9. The Bertz CT molecular complexity index is 1510. The Hall–Kier alpha value is -2.53. The summed E-state index contributed by atoms with van der Waals surface area (Å²) in [5, 5.41) is 15.4. The number of alkyl halides is 3. The summed E-state index contributed by atoms with van der Waals surface area (Å²) >= 11 is 15.2. The van der Waals surface area contributed by atoms with Crippen LogP contribution < -0.4 is 0 Å². The number of benzene rings is 2. The Morgan fingerprint density at radius 1 is 1.14 bits per heavy atom. The maximum Gasteiger partial charge on any atom is 0.417 e. The predicted octanol–water partition coefficient (Wildman–Crippen LogP) is 8.16. The number of fused-ring (bicyclic) bond motifs is 3. The summed E-state index contributed by atoms with van der Waals surface area (Å²) in [7, 11) is 0. The van der Waals surface area contributed by atoms with Gasteiger partial charge in [-0.05, 0) is 43.2 Å². The molecule has 0 bridgehead atoms.